The van der Waals surface area contributed by atoms with Crippen LogP contribution in [0.1, 0.15) is 50.7 Å². The molecule has 1 saturated carbocycles. The lowest BCUT2D eigenvalue weighted by Crippen LogP contribution is -2.27. The van der Waals surface area contributed by atoms with Crippen molar-refractivity contribution < 1.29 is 4.79 Å². The number of hydrogen-bond acceptors (Lipinski definition) is 1. The maximum absolute atomic E-state index is 12.6. The van der Waals surface area contributed by atoms with Gasteiger partial charge < -0.3 is 0 Å². The standard InChI is InChI=1S/C18H23OP/c1-4-5-6-14-7-9-16(10-8-14)18(2)12-11-15(13-20-3)17(18)19/h7-10,13H,3-6,11-12H2,1-2H3/b15-13+. The Balaban J connectivity index is 2.21. The second kappa shape index (κ2) is 6.50. The highest BCUT2D eigenvalue weighted by Gasteiger charge is 2.41. The minimum Gasteiger partial charge on any atom is -0.294 e. The Bertz CT molecular complexity index is 527. The number of ketones is 1. The molecule has 1 aromatic carbocycles. The lowest BCUT2D eigenvalue weighted by Gasteiger charge is -2.22. The van der Waals surface area contributed by atoms with E-state index in [-0.39, 0.29) is 11.2 Å². The van der Waals surface area contributed by atoms with Gasteiger partial charge in [0.2, 0.25) is 0 Å². The molecule has 0 spiro atoms. The van der Waals surface area contributed by atoms with E-state index in [9.17, 15) is 4.79 Å². The fraction of sp³-hybridized carbons (Fsp3) is 0.444. The van der Waals surface area contributed by atoms with Crippen LogP contribution in [0.3, 0.4) is 0 Å². The summed E-state index contributed by atoms with van der Waals surface area (Å²) in [6, 6.07) is 8.66. The first-order valence-corrected chi connectivity index (χ1v) is 8.56. The fourth-order valence-corrected chi connectivity index (χ4v) is 3.36. The van der Waals surface area contributed by atoms with E-state index in [0.717, 1.165) is 38.6 Å². The first-order chi connectivity index (χ1) is 9.61. The van der Waals surface area contributed by atoms with Crippen LogP contribution in [0.5, 0.6) is 0 Å². The number of rotatable bonds is 5. The smallest absolute Gasteiger partial charge is 0.169 e. The molecule has 2 rings (SSSR count). The minimum absolute atomic E-state index is 0.287. The van der Waals surface area contributed by atoms with Crippen molar-refractivity contribution in [2.24, 2.45) is 0 Å². The van der Waals surface area contributed by atoms with Crippen molar-refractivity contribution in [1.29, 1.82) is 0 Å². The molecule has 0 aromatic heterocycles. The second-order valence-electron chi connectivity index (χ2n) is 5.80. The number of unbranched alkanes of at least 4 members (excludes halogenated alkanes) is 1. The Morgan fingerprint density at radius 1 is 1.35 bits per heavy atom. The highest BCUT2D eigenvalue weighted by molar-refractivity contribution is 7.40. The fourth-order valence-electron chi connectivity index (χ4n) is 2.90. The third-order valence-corrected chi connectivity index (χ3v) is 4.84. The van der Waals surface area contributed by atoms with E-state index >= 15 is 0 Å². The summed E-state index contributed by atoms with van der Waals surface area (Å²) in [6.45, 7) is 4.29. The van der Waals surface area contributed by atoms with Crippen molar-refractivity contribution in [3.05, 3.63) is 46.8 Å². The third kappa shape index (κ3) is 2.94. The van der Waals surface area contributed by atoms with Crippen molar-refractivity contribution >= 4 is 20.3 Å². The summed E-state index contributed by atoms with van der Waals surface area (Å²) in [4.78, 5) is 12.6. The van der Waals surface area contributed by atoms with E-state index in [1.165, 1.54) is 18.4 Å². The van der Waals surface area contributed by atoms with Crippen LogP contribution in [-0.2, 0) is 16.6 Å². The number of benzene rings is 1. The number of allylic oxidation sites excluding steroid dienone is 1. The second-order valence-corrected chi connectivity index (χ2v) is 6.42. The van der Waals surface area contributed by atoms with Gasteiger partial charge in [-0.15, -0.1) is 0 Å². The van der Waals surface area contributed by atoms with Crippen molar-refractivity contribution in [2.75, 3.05) is 0 Å². The summed E-state index contributed by atoms with van der Waals surface area (Å²) in [6.07, 6.45) is 9.17. The molecule has 1 aliphatic rings. The van der Waals surface area contributed by atoms with Crippen LogP contribution < -0.4 is 0 Å². The average Bonchev–Trinajstić information content (AvgIpc) is 2.76. The molecule has 0 bridgehead atoms. The maximum Gasteiger partial charge on any atom is 0.169 e. The van der Waals surface area contributed by atoms with E-state index in [4.69, 9.17) is 0 Å². The molecule has 1 nitrogen and oxygen atoms in total. The van der Waals surface area contributed by atoms with Crippen molar-refractivity contribution in [2.45, 2.75) is 51.4 Å². The molecule has 106 valence electrons. The Morgan fingerprint density at radius 2 is 2.05 bits per heavy atom. The molecule has 1 aliphatic carbocycles. The van der Waals surface area contributed by atoms with Crippen LogP contribution in [0.2, 0.25) is 0 Å². The topological polar surface area (TPSA) is 17.1 Å². The molecule has 0 aliphatic heterocycles. The molecule has 1 unspecified atom stereocenters. The molecule has 1 aromatic rings. The lowest BCUT2D eigenvalue weighted by atomic mass is 9.79. The van der Waals surface area contributed by atoms with Crippen LogP contribution >= 0.6 is 8.20 Å². The summed E-state index contributed by atoms with van der Waals surface area (Å²) in [7, 11) is 0.927. The van der Waals surface area contributed by atoms with Crippen LogP contribution in [-0.4, -0.2) is 12.1 Å². The Morgan fingerprint density at radius 3 is 2.65 bits per heavy atom. The lowest BCUT2D eigenvalue weighted by molar-refractivity contribution is -0.118. The van der Waals surface area contributed by atoms with Gasteiger partial charge >= 0.3 is 0 Å². The Labute approximate surface area is 123 Å². The SMILES string of the molecule is C=P/C=C1\CCC(C)(c2ccc(CCCC)cc2)C1=O. The number of carbonyl (C=O) groups is 1. The van der Waals surface area contributed by atoms with Crippen LogP contribution in [0.15, 0.2) is 35.7 Å². The summed E-state index contributed by atoms with van der Waals surface area (Å²) in [5, 5.41) is 0. The molecule has 0 heterocycles. The largest absolute Gasteiger partial charge is 0.294 e. The van der Waals surface area contributed by atoms with Gasteiger partial charge in [0, 0.05) is 5.57 Å². The molecular formula is C18H23OP. The molecule has 20 heavy (non-hydrogen) atoms. The van der Waals surface area contributed by atoms with Gasteiger partial charge in [-0.1, -0.05) is 52.1 Å². The zero-order valence-corrected chi connectivity index (χ0v) is 13.4. The first kappa shape index (κ1) is 15.2. The van der Waals surface area contributed by atoms with Gasteiger partial charge in [-0.2, -0.15) is 0 Å². The Kier molecular flexibility index (Phi) is 4.94. The summed E-state index contributed by atoms with van der Waals surface area (Å²) >= 11 is 0. The number of hydrogen-bond donors (Lipinski definition) is 0. The third-order valence-electron chi connectivity index (χ3n) is 4.34. The monoisotopic (exact) mass is 286 g/mol. The molecular weight excluding hydrogens is 263 g/mol. The summed E-state index contributed by atoms with van der Waals surface area (Å²) in [5.41, 5.74) is 3.16. The van der Waals surface area contributed by atoms with E-state index < -0.39 is 0 Å². The highest BCUT2D eigenvalue weighted by Crippen LogP contribution is 2.41. The van der Waals surface area contributed by atoms with Crippen molar-refractivity contribution in [3.8, 4) is 0 Å². The van der Waals surface area contributed by atoms with Gasteiger partial charge in [0.05, 0.1) is 5.41 Å². The molecule has 0 N–H and O–H groups in total. The molecule has 1 fully saturated rings. The van der Waals surface area contributed by atoms with Gasteiger partial charge in [0.25, 0.3) is 0 Å². The summed E-state index contributed by atoms with van der Waals surface area (Å²) < 4.78 is 0. The van der Waals surface area contributed by atoms with Gasteiger partial charge in [-0.25, -0.2) is 0 Å². The van der Waals surface area contributed by atoms with Crippen LogP contribution in [0.4, 0.5) is 0 Å². The number of carbonyl (C=O) groups excluding carboxylic acids is 1. The van der Waals surface area contributed by atoms with E-state index in [2.05, 4.69) is 44.4 Å². The zero-order valence-electron chi connectivity index (χ0n) is 12.5. The quantitative estimate of drug-likeness (QED) is 0.555. The van der Waals surface area contributed by atoms with E-state index in [1.807, 2.05) is 5.82 Å². The van der Waals surface area contributed by atoms with Crippen LogP contribution in [0.25, 0.3) is 0 Å². The van der Waals surface area contributed by atoms with E-state index in [1.54, 1.807) is 0 Å². The van der Waals surface area contributed by atoms with Gasteiger partial charge in [-0.3, -0.25) is 4.79 Å². The van der Waals surface area contributed by atoms with E-state index in [0.29, 0.717) is 0 Å². The highest BCUT2D eigenvalue weighted by atomic mass is 31.1. The average molecular weight is 286 g/mol. The van der Waals surface area contributed by atoms with Gasteiger partial charge in [0.15, 0.2) is 5.78 Å². The maximum atomic E-state index is 12.6. The molecule has 1 atom stereocenters. The Hall–Kier alpha value is -1.20. The van der Waals surface area contributed by atoms with Gasteiger partial charge in [0.1, 0.15) is 0 Å². The van der Waals surface area contributed by atoms with Crippen molar-refractivity contribution in [3.63, 3.8) is 0 Å². The van der Waals surface area contributed by atoms with Gasteiger partial charge in [-0.05, 0) is 49.6 Å². The molecule has 2 heteroatoms. The normalized spacial score (nSPS) is 24.7. The number of Topliss-reactive ketones (excluding diaryl/α,β-unsaturated/α-hetero) is 1. The predicted molar refractivity (Wildman–Crippen MR) is 88.8 cm³/mol. The molecule has 0 saturated heterocycles. The van der Waals surface area contributed by atoms with Crippen LogP contribution in [0, 0.1) is 0 Å². The summed E-state index contributed by atoms with van der Waals surface area (Å²) in [5.74, 6) is 2.25. The molecule has 0 radical (unpaired) electrons. The zero-order chi connectivity index (χ0) is 14.6. The van der Waals surface area contributed by atoms with Crippen molar-refractivity contribution in [1.82, 2.24) is 0 Å². The first-order valence-electron chi connectivity index (χ1n) is 7.41. The molecule has 0 amide bonds. The minimum atomic E-state index is -0.334. The predicted octanol–water partition coefficient (Wildman–Crippen LogP) is 4.91. The number of aryl methyl sites for hydroxylation is 1.